The van der Waals surface area contributed by atoms with E-state index in [0.29, 0.717) is 10.5 Å². The number of amides is 1. The molecule has 3 N–H and O–H groups in total. The third kappa shape index (κ3) is 4.44. The molecule has 0 radical (unpaired) electrons. The van der Waals surface area contributed by atoms with Gasteiger partial charge < -0.3 is 15.7 Å². The predicted octanol–water partition coefficient (Wildman–Crippen LogP) is 1.66. The fourth-order valence-corrected chi connectivity index (χ4v) is 1.68. The Morgan fingerprint density at radius 2 is 2.05 bits per heavy atom. The number of aromatic hydroxyl groups is 1. The first-order valence-corrected chi connectivity index (χ1v) is 5.60. The first kappa shape index (κ1) is 15.3. The van der Waals surface area contributed by atoms with Crippen molar-refractivity contribution in [3.8, 4) is 5.75 Å². The van der Waals surface area contributed by atoms with Crippen LogP contribution in [0.2, 0.25) is 0 Å². The van der Waals surface area contributed by atoms with Gasteiger partial charge in [0.15, 0.2) is 0 Å². The molecular formula is C12H15F3N2O2. The Morgan fingerprint density at radius 3 is 2.53 bits per heavy atom. The number of rotatable bonds is 4. The van der Waals surface area contributed by atoms with Gasteiger partial charge in [0.1, 0.15) is 12.3 Å². The number of alkyl halides is 3. The lowest BCUT2D eigenvalue weighted by atomic mass is 10.1. The summed E-state index contributed by atoms with van der Waals surface area (Å²) in [5, 5.41) is 9.22. The number of hydrogen-bond acceptors (Lipinski definition) is 3. The smallest absolute Gasteiger partial charge is 0.406 e. The Bertz CT molecular complexity index is 461. The van der Waals surface area contributed by atoms with E-state index in [-0.39, 0.29) is 24.4 Å². The van der Waals surface area contributed by atoms with Gasteiger partial charge in [0.25, 0.3) is 5.91 Å². The minimum atomic E-state index is -4.48. The van der Waals surface area contributed by atoms with Gasteiger partial charge in [-0.3, -0.25) is 4.79 Å². The molecule has 0 spiro atoms. The molecule has 4 nitrogen and oxygen atoms in total. The number of phenolic OH excluding ortho intramolecular Hbond substituents is 1. The summed E-state index contributed by atoms with van der Waals surface area (Å²) in [4.78, 5) is 12.7. The number of nitrogens with two attached hydrogens (primary N) is 1. The zero-order chi connectivity index (χ0) is 14.6. The normalized spacial score (nSPS) is 11.4. The van der Waals surface area contributed by atoms with Crippen molar-refractivity contribution in [2.45, 2.75) is 13.1 Å². The van der Waals surface area contributed by atoms with Crippen LogP contribution in [0.3, 0.4) is 0 Å². The summed E-state index contributed by atoms with van der Waals surface area (Å²) in [5.74, 6) is -0.796. The van der Waals surface area contributed by atoms with Gasteiger partial charge in [0.2, 0.25) is 0 Å². The van der Waals surface area contributed by atoms with Crippen LogP contribution in [0.4, 0.5) is 13.2 Å². The molecule has 19 heavy (non-hydrogen) atoms. The molecule has 0 aromatic heterocycles. The zero-order valence-electron chi connectivity index (χ0n) is 10.4. The highest BCUT2D eigenvalue weighted by Crippen LogP contribution is 2.21. The highest BCUT2D eigenvalue weighted by atomic mass is 19.4. The number of benzene rings is 1. The van der Waals surface area contributed by atoms with Crippen LogP contribution >= 0.6 is 0 Å². The second kappa shape index (κ2) is 5.92. The number of halogens is 3. The van der Waals surface area contributed by atoms with E-state index < -0.39 is 18.6 Å². The maximum Gasteiger partial charge on any atom is 0.406 e. The fourth-order valence-electron chi connectivity index (χ4n) is 1.68. The SMILES string of the molecule is Cc1cc(O)ccc1C(=O)N(CCN)CC(F)(F)F. The molecule has 1 rings (SSSR count). The van der Waals surface area contributed by atoms with Gasteiger partial charge in [-0.2, -0.15) is 13.2 Å². The average molecular weight is 276 g/mol. The number of carbonyl (C=O) groups excluding carboxylic acids is 1. The van der Waals surface area contributed by atoms with Gasteiger partial charge in [-0.05, 0) is 30.7 Å². The molecule has 0 aliphatic heterocycles. The van der Waals surface area contributed by atoms with E-state index in [1.165, 1.54) is 18.2 Å². The van der Waals surface area contributed by atoms with Crippen LogP contribution in [-0.2, 0) is 0 Å². The highest BCUT2D eigenvalue weighted by molar-refractivity contribution is 5.95. The molecule has 0 saturated carbocycles. The Morgan fingerprint density at radius 1 is 1.42 bits per heavy atom. The molecule has 0 aliphatic rings. The van der Waals surface area contributed by atoms with Gasteiger partial charge in [-0.25, -0.2) is 0 Å². The van der Waals surface area contributed by atoms with Crippen LogP contribution in [-0.4, -0.2) is 41.7 Å². The molecule has 1 aromatic carbocycles. The van der Waals surface area contributed by atoms with Crippen LogP contribution in [0.5, 0.6) is 5.75 Å². The van der Waals surface area contributed by atoms with Crippen molar-refractivity contribution in [2.24, 2.45) is 5.73 Å². The highest BCUT2D eigenvalue weighted by Gasteiger charge is 2.33. The molecule has 0 atom stereocenters. The van der Waals surface area contributed by atoms with E-state index in [4.69, 9.17) is 5.73 Å². The third-order valence-corrected chi connectivity index (χ3v) is 2.50. The number of carbonyl (C=O) groups is 1. The topological polar surface area (TPSA) is 66.6 Å². The minimum absolute atomic E-state index is 0.0461. The summed E-state index contributed by atoms with van der Waals surface area (Å²) < 4.78 is 37.2. The molecule has 0 unspecified atom stereocenters. The second-order valence-electron chi connectivity index (χ2n) is 4.13. The van der Waals surface area contributed by atoms with Crippen molar-refractivity contribution in [2.75, 3.05) is 19.6 Å². The average Bonchev–Trinajstić information content (AvgIpc) is 2.26. The maximum atomic E-state index is 12.4. The Labute approximate surface area is 108 Å². The van der Waals surface area contributed by atoms with Crippen LogP contribution in [0.25, 0.3) is 0 Å². The summed E-state index contributed by atoms with van der Waals surface area (Å²) in [7, 11) is 0. The summed E-state index contributed by atoms with van der Waals surface area (Å²) >= 11 is 0. The summed E-state index contributed by atoms with van der Waals surface area (Å²) in [5.41, 5.74) is 5.76. The molecule has 1 amide bonds. The van der Waals surface area contributed by atoms with Crippen LogP contribution in [0.1, 0.15) is 15.9 Å². The van der Waals surface area contributed by atoms with E-state index in [2.05, 4.69) is 0 Å². The van der Waals surface area contributed by atoms with Gasteiger partial charge in [-0.1, -0.05) is 0 Å². The minimum Gasteiger partial charge on any atom is -0.508 e. The summed E-state index contributed by atoms with van der Waals surface area (Å²) in [6.45, 7) is -0.0396. The van der Waals surface area contributed by atoms with Crippen LogP contribution in [0.15, 0.2) is 18.2 Å². The summed E-state index contributed by atoms with van der Waals surface area (Å²) in [6.07, 6.45) is -4.48. The Kier molecular flexibility index (Phi) is 4.77. The Hall–Kier alpha value is -1.76. The first-order valence-electron chi connectivity index (χ1n) is 5.60. The lowest BCUT2D eigenvalue weighted by molar-refractivity contribution is -0.140. The predicted molar refractivity (Wildman–Crippen MR) is 63.9 cm³/mol. The van der Waals surface area contributed by atoms with Gasteiger partial charge in [-0.15, -0.1) is 0 Å². The quantitative estimate of drug-likeness (QED) is 0.879. The molecule has 0 aliphatic carbocycles. The molecule has 0 saturated heterocycles. The molecule has 0 bridgehead atoms. The second-order valence-corrected chi connectivity index (χ2v) is 4.13. The molecule has 0 heterocycles. The van der Waals surface area contributed by atoms with Gasteiger partial charge in [0.05, 0.1) is 0 Å². The van der Waals surface area contributed by atoms with Crippen molar-refractivity contribution in [1.82, 2.24) is 4.90 Å². The van der Waals surface area contributed by atoms with E-state index in [1.807, 2.05) is 0 Å². The number of nitrogens with zero attached hydrogens (tertiary/aromatic N) is 1. The lowest BCUT2D eigenvalue weighted by Crippen LogP contribution is -2.42. The molecular weight excluding hydrogens is 261 g/mol. The zero-order valence-corrected chi connectivity index (χ0v) is 10.4. The van der Waals surface area contributed by atoms with Crippen molar-refractivity contribution in [3.63, 3.8) is 0 Å². The van der Waals surface area contributed by atoms with E-state index in [0.717, 1.165) is 0 Å². The van der Waals surface area contributed by atoms with Crippen molar-refractivity contribution in [1.29, 1.82) is 0 Å². The number of aryl methyl sites for hydroxylation is 1. The van der Waals surface area contributed by atoms with Crippen LogP contribution < -0.4 is 5.73 Å². The molecule has 7 heteroatoms. The molecule has 106 valence electrons. The van der Waals surface area contributed by atoms with Crippen molar-refractivity contribution >= 4 is 5.91 Å². The molecule has 0 fully saturated rings. The maximum absolute atomic E-state index is 12.4. The van der Waals surface area contributed by atoms with Crippen molar-refractivity contribution in [3.05, 3.63) is 29.3 Å². The summed E-state index contributed by atoms with van der Waals surface area (Å²) in [6, 6.07) is 3.88. The Balaban J connectivity index is 2.99. The monoisotopic (exact) mass is 276 g/mol. The van der Waals surface area contributed by atoms with E-state index in [9.17, 15) is 23.1 Å². The molecule has 1 aromatic rings. The van der Waals surface area contributed by atoms with Crippen molar-refractivity contribution < 1.29 is 23.1 Å². The third-order valence-electron chi connectivity index (χ3n) is 2.50. The lowest BCUT2D eigenvalue weighted by Gasteiger charge is -2.24. The largest absolute Gasteiger partial charge is 0.508 e. The standard InChI is InChI=1S/C12H15F3N2O2/c1-8-6-9(18)2-3-10(8)11(19)17(5-4-16)7-12(13,14)15/h2-3,6,18H,4-5,7,16H2,1H3. The van der Waals surface area contributed by atoms with E-state index >= 15 is 0 Å². The van der Waals surface area contributed by atoms with E-state index in [1.54, 1.807) is 6.92 Å². The van der Waals surface area contributed by atoms with Crippen LogP contribution in [0, 0.1) is 6.92 Å². The van der Waals surface area contributed by atoms with Gasteiger partial charge in [0, 0.05) is 18.7 Å². The first-order chi connectivity index (χ1) is 8.74. The van der Waals surface area contributed by atoms with Gasteiger partial charge >= 0.3 is 6.18 Å². The fraction of sp³-hybridized carbons (Fsp3) is 0.417. The number of phenols is 1. The number of hydrogen-bond donors (Lipinski definition) is 2.